The maximum Gasteiger partial charge on any atom is 0.130 e. The number of hydrogen-bond acceptors (Lipinski definition) is 0. The highest BCUT2D eigenvalue weighted by Crippen LogP contribution is 2.31. The number of unbranched alkanes of at least 4 members (excludes halogenated alkanes) is 3. The summed E-state index contributed by atoms with van der Waals surface area (Å²) in [6.07, 6.45) is 6.26. The second-order valence-electron chi connectivity index (χ2n) is 3.93. The van der Waals surface area contributed by atoms with E-state index in [9.17, 15) is 4.39 Å². The van der Waals surface area contributed by atoms with Gasteiger partial charge in [-0.3, -0.25) is 0 Å². The molecule has 15 heavy (non-hydrogen) atoms. The molecule has 2 heteroatoms. The third-order valence-corrected chi connectivity index (χ3v) is 4.78. The van der Waals surface area contributed by atoms with Gasteiger partial charge in [-0.2, -0.15) is 0 Å². The summed E-state index contributed by atoms with van der Waals surface area (Å²) in [5, 5.41) is 0.934. The van der Waals surface area contributed by atoms with E-state index < -0.39 is 0 Å². The lowest BCUT2D eigenvalue weighted by atomic mass is 10.2. The minimum atomic E-state index is -0.288. The summed E-state index contributed by atoms with van der Waals surface area (Å²) in [6.45, 7) is 4.39. The van der Waals surface area contributed by atoms with Crippen molar-refractivity contribution in [1.29, 1.82) is 0 Å². The lowest BCUT2D eigenvalue weighted by molar-refractivity contribution is 0.636. The molecule has 0 nitrogen and oxygen atoms in total. The Kier molecular flexibility index (Phi) is 5.86. The number of halogens is 1. The lowest BCUT2D eigenvalue weighted by Crippen LogP contribution is -2.07. The van der Waals surface area contributed by atoms with Gasteiger partial charge in [0.05, 0.1) is 0 Å². The van der Waals surface area contributed by atoms with Gasteiger partial charge in [-0.15, -0.1) is 0 Å². The van der Waals surface area contributed by atoms with Crippen LogP contribution in [0.1, 0.15) is 32.6 Å². The van der Waals surface area contributed by atoms with Crippen molar-refractivity contribution in [3.63, 3.8) is 0 Å². The van der Waals surface area contributed by atoms with Gasteiger partial charge in [-0.05, 0) is 25.3 Å². The van der Waals surface area contributed by atoms with Crippen molar-refractivity contribution in [2.75, 3.05) is 12.8 Å². The topological polar surface area (TPSA) is 0 Å². The smallest absolute Gasteiger partial charge is 0.130 e. The van der Waals surface area contributed by atoms with Crippen LogP contribution >= 0.6 is 7.92 Å². The standard InChI is InChI=1S/C13H20FP/c1-3-4-5-8-11-15(2)13-10-7-6-9-12(13)14/h6-7,9-10H,3-5,8,11H2,1-2H3. The van der Waals surface area contributed by atoms with E-state index in [0.717, 1.165) is 11.5 Å². The first-order chi connectivity index (χ1) is 7.25. The predicted octanol–water partition coefficient (Wildman–Crippen LogP) is 4.14. The Balaban J connectivity index is 2.40. The molecule has 0 N–H and O–H groups in total. The predicted molar refractivity (Wildman–Crippen MR) is 67.9 cm³/mol. The van der Waals surface area contributed by atoms with E-state index in [2.05, 4.69) is 13.6 Å². The van der Waals surface area contributed by atoms with Crippen molar-refractivity contribution in [3.05, 3.63) is 30.1 Å². The van der Waals surface area contributed by atoms with Crippen LogP contribution in [0.4, 0.5) is 4.39 Å². The van der Waals surface area contributed by atoms with Gasteiger partial charge in [0.2, 0.25) is 0 Å². The number of hydrogen-bond donors (Lipinski definition) is 0. The maximum atomic E-state index is 13.4. The fraction of sp³-hybridized carbons (Fsp3) is 0.538. The zero-order chi connectivity index (χ0) is 11.1. The molecule has 0 heterocycles. The molecule has 1 unspecified atom stereocenters. The molecule has 0 aliphatic heterocycles. The van der Waals surface area contributed by atoms with Gasteiger partial charge in [0.25, 0.3) is 0 Å². The summed E-state index contributed by atoms with van der Waals surface area (Å²) in [4.78, 5) is 0. The molecule has 0 saturated heterocycles. The quantitative estimate of drug-likeness (QED) is 0.505. The minimum absolute atomic E-state index is 0.0263. The highest BCUT2D eigenvalue weighted by Gasteiger charge is 2.08. The van der Waals surface area contributed by atoms with Crippen molar-refractivity contribution in [1.82, 2.24) is 0 Å². The third kappa shape index (κ3) is 4.30. The average Bonchev–Trinajstić information content (AvgIpc) is 2.25. The average molecular weight is 226 g/mol. The SMILES string of the molecule is CCCCCCP(C)c1ccccc1F. The summed E-state index contributed by atoms with van der Waals surface area (Å²) in [6, 6.07) is 7.20. The second-order valence-corrected chi connectivity index (χ2v) is 6.26. The molecule has 0 spiro atoms. The van der Waals surface area contributed by atoms with Crippen LogP contribution in [0.2, 0.25) is 0 Å². The zero-order valence-electron chi connectivity index (χ0n) is 9.67. The van der Waals surface area contributed by atoms with Crippen LogP contribution in [0.15, 0.2) is 24.3 Å². The first kappa shape index (κ1) is 12.6. The van der Waals surface area contributed by atoms with E-state index in [1.165, 1.54) is 25.7 Å². The molecule has 0 aliphatic rings. The number of rotatable bonds is 6. The molecule has 0 aromatic heterocycles. The van der Waals surface area contributed by atoms with Gasteiger partial charge in [0, 0.05) is 5.30 Å². The van der Waals surface area contributed by atoms with Gasteiger partial charge in [-0.1, -0.05) is 52.3 Å². The summed E-state index contributed by atoms with van der Waals surface area (Å²) in [5.41, 5.74) is 0. The van der Waals surface area contributed by atoms with Crippen molar-refractivity contribution < 1.29 is 4.39 Å². The molecule has 1 aromatic carbocycles. The molecule has 0 fully saturated rings. The second kappa shape index (κ2) is 6.95. The van der Waals surface area contributed by atoms with Crippen LogP contribution in [0.25, 0.3) is 0 Å². The van der Waals surface area contributed by atoms with Crippen LogP contribution in [0.5, 0.6) is 0 Å². The molecule has 0 amide bonds. The molecule has 0 saturated carbocycles. The van der Waals surface area contributed by atoms with Crippen molar-refractivity contribution in [2.24, 2.45) is 0 Å². The van der Waals surface area contributed by atoms with Crippen LogP contribution in [-0.2, 0) is 0 Å². The molecule has 0 radical (unpaired) electrons. The van der Waals surface area contributed by atoms with Gasteiger partial charge < -0.3 is 0 Å². The minimum Gasteiger partial charge on any atom is -0.206 e. The summed E-state index contributed by atoms with van der Waals surface area (Å²) < 4.78 is 13.4. The highest BCUT2D eigenvalue weighted by atomic mass is 31.1. The molecule has 0 bridgehead atoms. The molecule has 0 aliphatic carbocycles. The summed E-state index contributed by atoms with van der Waals surface area (Å²) in [7, 11) is -0.288. The first-order valence-electron chi connectivity index (χ1n) is 5.71. The van der Waals surface area contributed by atoms with Crippen molar-refractivity contribution >= 4 is 13.2 Å². The van der Waals surface area contributed by atoms with E-state index >= 15 is 0 Å². The fourth-order valence-corrected chi connectivity index (χ4v) is 3.38. The molecule has 1 aromatic rings. The molecule has 1 atom stereocenters. The normalized spacial score (nSPS) is 12.7. The zero-order valence-corrected chi connectivity index (χ0v) is 10.6. The van der Waals surface area contributed by atoms with Crippen molar-refractivity contribution in [2.45, 2.75) is 32.6 Å². The summed E-state index contributed by atoms with van der Waals surface area (Å²) in [5.74, 6) is -0.0263. The van der Waals surface area contributed by atoms with Gasteiger partial charge in [0.15, 0.2) is 0 Å². The van der Waals surface area contributed by atoms with Crippen molar-refractivity contribution in [3.8, 4) is 0 Å². The first-order valence-corrected chi connectivity index (χ1v) is 7.68. The Morgan fingerprint density at radius 2 is 1.87 bits per heavy atom. The van der Waals surface area contributed by atoms with Crippen LogP contribution in [-0.4, -0.2) is 12.8 Å². The molecular weight excluding hydrogens is 206 g/mol. The fourth-order valence-electron chi connectivity index (χ4n) is 1.66. The largest absolute Gasteiger partial charge is 0.206 e. The van der Waals surface area contributed by atoms with Gasteiger partial charge in [0.1, 0.15) is 5.82 Å². The Bertz CT molecular complexity index is 286. The summed E-state index contributed by atoms with van der Waals surface area (Å²) >= 11 is 0. The Morgan fingerprint density at radius 1 is 1.13 bits per heavy atom. The maximum absolute atomic E-state index is 13.4. The Labute approximate surface area is 93.7 Å². The van der Waals surface area contributed by atoms with E-state index in [-0.39, 0.29) is 13.7 Å². The van der Waals surface area contributed by atoms with Crippen LogP contribution in [0.3, 0.4) is 0 Å². The van der Waals surface area contributed by atoms with E-state index in [1.54, 1.807) is 12.1 Å². The third-order valence-electron chi connectivity index (χ3n) is 2.61. The molecule has 1 rings (SSSR count). The Hall–Kier alpha value is -0.420. The Morgan fingerprint density at radius 3 is 2.53 bits per heavy atom. The molecular formula is C13H20FP. The van der Waals surface area contributed by atoms with Crippen LogP contribution in [0, 0.1) is 5.82 Å². The van der Waals surface area contributed by atoms with Gasteiger partial charge in [-0.25, -0.2) is 4.39 Å². The van der Waals surface area contributed by atoms with Gasteiger partial charge >= 0.3 is 0 Å². The molecule has 84 valence electrons. The van der Waals surface area contributed by atoms with E-state index in [1.807, 2.05) is 12.1 Å². The van der Waals surface area contributed by atoms with Crippen LogP contribution < -0.4 is 5.30 Å². The van der Waals surface area contributed by atoms with E-state index in [4.69, 9.17) is 0 Å². The van der Waals surface area contributed by atoms with E-state index in [0.29, 0.717) is 0 Å². The lowest BCUT2D eigenvalue weighted by Gasteiger charge is -2.12. The number of benzene rings is 1. The monoisotopic (exact) mass is 226 g/mol. The highest BCUT2D eigenvalue weighted by molar-refractivity contribution is 7.64.